The number of nitrogens with zero attached hydrogens (tertiary/aromatic N) is 2. The van der Waals surface area contributed by atoms with E-state index in [9.17, 15) is 0 Å². The van der Waals surface area contributed by atoms with E-state index in [-0.39, 0.29) is 0 Å². The molecule has 3 nitrogen and oxygen atoms in total. The van der Waals surface area contributed by atoms with Gasteiger partial charge in [-0.05, 0) is 62.4 Å². The first-order valence-electron chi connectivity index (χ1n) is 7.93. The molecule has 0 radical (unpaired) electrons. The molecule has 1 saturated heterocycles. The van der Waals surface area contributed by atoms with Gasteiger partial charge in [0.2, 0.25) is 0 Å². The summed E-state index contributed by atoms with van der Waals surface area (Å²) in [5.74, 6) is 2.05. The van der Waals surface area contributed by atoms with E-state index in [1.165, 1.54) is 54.8 Å². The van der Waals surface area contributed by atoms with Crippen LogP contribution >= 0.6 is 0 Å². The molecule has 1 aromatic carbocycles. The first kappa shape index (κ1) is 13.6. The van der Waals surface area contributed by atoms with Crippen molar-refractivity contribution in [3.05, 3.63) is 29.6 Å². The monoisotopic (exact) mass is 271 g/mol. The van der Waals surface area contributed by atoms with E-state index in [0.717, 1.165) is 18.8 Å². The highest BCUT2D eigenvalue weighted by molar-refractivity contribution is 5.76. The molecule has 108 valence electrons. The molecule has 0 bridgehead atoms. The predicted octanol–water partition coefficient (Wildman–Crippen LogP) is 3.07. The van der Waals surface area contributed by atoms with Gasteiger partial charge in [-0.25, -0.2) is 4.98 Å². The summed E-state index contributed by atoms with van der Waals surface area (Å²) in [6, 6.07) is 6.84. The molecule has 1 aromatic heterocycles. The second-order valence-corrected chi connectivity index (χ2v) is 6.06. The van der Waals surface area contributed by atoms with Crippen LogP contribution in [0.2, 0.25) is 0 Å². The number of benzene rings is 1. The van der Waals surface area contributed by atoms with Crippen molar-refractivity contribution in [2.24, 2.45) is 13.0 Å². The minimum absolute atomic E-state index is 0.840. The maximum absolute atomic E-state index is 4.81. The number of aromatic nitrogens is 2. The van der Waals surface area contributed by atoms with Crippen LogP contribution in [0, 0.1) is 5.92 Å². The lowest BCUT2D eigenvalue weighted by atomic mass is 9.91. The third kappa shape index (κ3) is 2.73. The molecule has 1 fully saturated rings. The van der Waals surface area contributed by atoms with Gasteiger partial charge in [0.05, 0.1) is 11.0 Å². The Kier molecular flexibility index (Phi) is 4.06. The van der Waals surface area contributed by atoms with Gasteiger partial charge in [-0.15, -0.1) is 0 Å². The van der Waals surface area contributed by atoms with E-state index in [4.69, 9.17) is 4.98 Å². The van der Waals surface area contributed by atoms with Crippen LogP contribution in [0.4, 0.5) is 0 Å². The molecule has 0 saturated carbocycles. The largest absolute Gasteiger partial charge is 0.331 e. The van der Waals surface area contributed by atoms with E-state index in [0.29, 0.717) is 0 Å². The molecule has 0 spiro atoms. The Balaban J connectivity index is 1.82. The van der Waals surface area contributed by atoms with Gasteiger partial charge in [0.1, 0.15) is 5.82 Å². The molecule has 0 amide bonds. The molecule has 1 N–H and O–H groups in total. The summed E-state index contributed by atoms with van der Waals surface area (Å²) < 4.78 is 2.24. The van der Waals surface area contributed by atoms with Crippen molar-refractivity contribution in [1.29, 1.82) is 0 Å². The van der Waals surface area contributed by atoms with E-state index in [1.54, 1.807) is 0 Å². The molecule has 2 heterocycles. The number of hydrogen-bond donors (Lipinski definition) is 1. The van der Waals surface area contributed by atoms with Gasteiger partial charge in [-0.1, -0.05) is 13.0 Å². The topological polar surface area (TPSA) is 29.9 Å². The first-order chi connectivity index (χ1) is 9.78. The smallest absolute Gasteiger partial charge is 0.109 e. The van der Waals surface area contributed by atoms with Gasteiger partial charge in [-0.3, -0.25) is 0 Å². The van der Waals surface area contributed by atoms with Gasteiger partial charge in [0, 0.05) is 13.5 Å². The Bertz CT molecular complexity index is 579. The van der Waals surface area contributed by atoms with Crippen LogP contribution in [0.5, 0.6) is 0 Å². The lowest BCUT2D eigenvalue weighted by Crippen LogP contribution is -2.28. The van der Waals surface area contributed by atoms with Crippen molar-refractivity contribution in [3.8, 4) is 0 Å². The van der Waals surface area contributed by atoms with Gasteiger partial charge in [0.25, 0.3) is 0 Å². The fourth-order valence-corrected chi connectivity index (χ4v) is 3.29. The Labute approximate surface area is 121 Å². The van der Waals surface area contributed by atoms with Crippen LogP contribution in [0.15, 0.2) is 18.2 Å². The number of hydrogen-bond acceptors (Lipinski definition) is 2. The number of fused-ring (bicyclic) bond motifs is 1. The standard InChI is InChI=1S/C17H25N3/c1-3-4-17-19-15-12-14(5-6-16(15)20(17)2)11-13-7-9-18-10-8-13/h5-6,12-13,18H,3-4,7-11H2,1-2H3. The zero-order valence-corrected chi connectivity index (χ0v) is 12.7. The second-order valence-electron chi connectivity index (χ2n) is 6.06. The van der Waals surface area contributed by atoms with Crippen LogP contribution in [0.25, 0.3) is 11.0 Å². The highest BCUT2D eigenvalue weighted by Gasteiger charge is 2.14. The normalized spacial score (nSPS) is 16.9. The SMILES string of the molecule is CCCc1nc2cc(CC3CCNCC3)ccc2n1C. The van der Waals surface area contributed by atoms with E-state index < -0.39 is 0 Å². The summed E-state index contributed by atoms with van der Waals surface area (Å²) >= 11 is 0. The fraction of sp³-hybridized carbons (Fsp3) is 0.588. The minimum atomic E-state index is 0.840. The molecule has 0 unspecified atom stereocenters. The van der Waals surface area contributed by atoms with Crippen LogP contribution in [-0.4, -0.2) is 22.6 Å². The van der Waals surface area contributed by atoms with Crippen LogP contribution < -0.4 is 5.32 Å². The molecule has 1 aliphatic heterocycles. The van der Waals surface area contributed by atoms with Crippen molar-refractivity contribution in [2.45, 2.75) is 39.0 Å². The lowest BCUT2D eigenvalue weighted by molar-refractivity contribution is 0.373. The van der Waals surface area contributed by atoms with Crippen molar-refractivity contribution in [3.63, 3.8) is 0 Å². The summed E-state index contributed by atoms with van der Waals surface area (Å²) in [4.78, 5) is 4.81. The van der Waals surface area contributed by atoms with Crippen LogP contribution in [0.1, 0.15) is 37.6 Å². The molecular weight excluding hydrogens is 246 g/mol. The molecule has 3 rings (SSSR count). The summed E-state index contributed by atoms with van der Waals surface area (Å²) in [6.07, 6.45) is 6.04. The summed E-state index contributed by atoms with van der Waals surface area (Å²) in [5, 5.41) is 3.44. The lowest BCUT2D eigenvalue weighted by Gasteiger charge is -2.22. The van der Waals surface area contributed by atoms with Crippen molar-refractivity contribution >= 4 is 11.0 Å². The molecule has 3 heteroatoms. The summed E-state index contributed by atoms with van der Waals surface area (Å²) in [5.41, 5.74) is 3.88. The van der Waals surface area contributed by atoms with Crippen molar-refractivity contribution in [1.82, 2.24) is 14.9 Å². The van der Waals surface area contributed by atoms with Gasteiger partial charge < -0.3 is 9.88 Å². The molecule has 0 atom stereocenters. The minimum Gasteiger partial charge on any atom is -0.331 e. The van der Waals surface area contributed by atoms with Crippen LogP contribution in [-0.2, 0) is 19.9 Å². The highest BCUT2D eigenvalue weighted by atomic mass is 15.1. The Morgan fingerprint density at radius 1 is 1.30 bits per heavy atom. The van der Waals surface area contributed by atoms with E-state index in [1.807, 2.05) is 0 Å². The van der Waals surface area contributed by atoms with Crippen LogP contribution in [0.3, 0.4) is 0 Å². The maximum atomic E-state index is 4.81. The van der Waals surface area contributed by atoms with Crippen molar-refractivity contribution < 1.29 is 0 Å². The molecule has 20 heavy (non-hydrogen) atoms. The Morgan fingerprint density at radius 3 is 2.85 bits per heavy atom. The first-order valence-corrected chi connectivity index (χ1v) is 7.93. The number of rotatable bonds is 4. The Hall–Kier alpha value is -1.35. The summed E-state index contributed by atoms with van der Waals surface area (Å²) in [7, 11) is 2.13. The predicted molar refractivity (Wildman–Crippen MR) is 84.0 cm³/mol. The fourth-order valence-electron chi connectivity index (χ4n) is 3.29. The molecule has 1 aliphatic rings. The number of aryl methyl sites for hydroxylation is 2. The Morgan fingerprint density at radius 2 is 2.10 bits per heavy atom. The molecular formula is C17H25N3. The van der Waals surface area contributed by atoms with E-state index in [2.05, 4.69) is 42.1 Å². The highest BCUT2D eigenvalue weighted by Crippen LogP contribution is 2.22. The van der Waals surface area contributed by atoms with Gasteiger partial charge in [0.15, 0.2) is 0 Å². The van der Waals surface area contributed by atoms with Crippen molar-refractivity contribution in [2.75, 3.05) is 13.1 Å². The van der Waals surface area contributed by atoms with E-state index >= 15 is 0 Å². The average molecular weight is 271 g/mol. The number of piperidine rings is 1. The molecule has 0 aliphatic carbocycles. The quantitative estimate of drug-likeness (QED) is 0.926. The average Bonchev–Trinajstić information content (AvgIpc) is 2.77. The maximum Gasteiger partial charge on any atom is 0.109 e. The third-order valence-electron chi connectivity index (χ3n) is 4.49. The second kappa shape index (κ2) is 5.96. The molecule has 2 aromatic rings. The number of imidazole rings is 1. The zero-order chi connectivity index (χ0) is 13.9. The third-order valence-corrected chi connectivity index (χ3v) is 4.49. The summed E-state index contributed by atoms with van der Waals surface area (Å²) in [6.45, 7) is 4.57. The zero-order valence-electron chi connectivity index (χ0n) is 12.7. The van der Waals surface area contributed by atoms with Gasteiger partial charge in [-0.2, -0.15) is 0 Å². The van der Waals surface area contributed by atoms with Gasteiger partial charge >= 0.3 is 0 Å². The number of nitrogens with one attached hydrogen (secondary N) is 1.